The van der Waals surface area contributed by atoms with Crippen LogP contribution in [-0.4, -0.2) is 65.0 Å². The molecule has 2 aromatic heterocycles. The Morgan fingerprint density at radius 1 is 1.23 bits per heavy atom. The fourth-order valence-electron chi connectivity index (χ4n) is 3.74. The van der Waals surface area contributed by atoms with Gasteiger partial charge in [0.15, 0.2) is 5.13 Å². The summed E-state index contributed by atoms with van der Waals surface area (Å²) in [6.07, 6.45) is 0.984. The number of carbonyl (C=O) groups is 1. The molecule has 0 bridgehead atoms. The van der Waals surface area contributed by atoms with Gasteiger partial charge in [-0.25, -0.2) is 4.98 Å². The summed E-state index contributed by atoms with van der Waals surface area (Å²) in [4.78, 5) is 22.6. The number of thiazole rings is 1. The van der Waals surface area contributed by atoms with Crippen molar-refractivity contribution in [3.63, 3.8) is 0 Å². The second-order valence-corrected chi connectivity index (χ2v) is 8.56. The Kier molecular flexibility index (Phi) is 6.46. The Balaban J connectivity index is 1.66. The predicted octanol–water partition coefficient (Wildman–Crippen LogP) is 3.36. The largest absolute Gasteiger partial charge is 0.379 e. The fourth-order valence-corrected chi connectivity index (χ4v) is 4.79. The minimum Gasteiger partial charge on any atom is -0.379 e. The van der Waals surface area contributed by atoms with Crippen LogP contribution in [0.2, 0.25) is 0 Å². The van der Waals surface area contributed by atoms with Crippen molar-refractivity contribution in [1.29, 1.82) is 0 Å². The highest BCUT2D eigenvalue weighted by Gasteiger charge is 2.25. The first kappa shape index (κ1) is 21.0. The minimum atomic E-state index is -0.0412. The Morgan fingerprint density at radius 3 is 2.77 bits per heavy atom. The maximum atomic E-state index is 13.6. The molecule has 1 aliphatic heterocycles. The first-order chi connectivity index (χ1) is 14.6. The number of fused-ring (bicyclic) bond motifs is 1. The molecule has 3 heterocycles. The number of rotatable bonds is 7. The number of morpholine rings is 1. The number of nitrogens with zero attached hydrogens (tertiary/aromatic N) is 5. The van der Waals surface area contributed by atoms with Crippen molar-refractivity contribution in [2.45, 2.75) is 33.7 Å². The molecule has 1 aliphatic rings. The van der Waals surface area contributed by atoms with E-state index in [-0.39, 0.29) is 5.91 Å². The second-order valence-electron chi connectivity index (χ2n) is 7.55. The number of amides is 1. The molecule has 0 aliphatic carbocycles. The van der Waals surface area contributed by atoms with Crippen molar-refractivity contribution in [2.75, 3.05) is 44.3 Å². The maximum absolute atomic E-state index is 13.6. The second kappa shape index (κ2) is 9.24. The van der Waals surface area contributed by atoms with Gasteiger partial charge >= 0.3 is 0 Å². The lowest BCUT2D eigenvalue weighted by Gasteiger charge is -2.29. The molecule has 0 N–H and O–H groups in total. The molecule has 0 unspecified atom stereocenters. The van der Waals surface area contributed by atoms with Crippen LogP contribution >= 0.6 is 11.3 Å². The number of anilines is 1. The van der Waals surface area contributed by atoms with E-state index in [0.717, 1.165) is 60.3 Å². The van der Waals surface area contributed by atoms with E-state index in [1.54, 1.807) is 16.0 Å². The zero-order valence-corrected chi connectivity index (χ0v) is 18.7. The average molecular weight is 428 g/mol. The van der Waals surface area contributed by atoms with Gasteiger partial charge in [0.25, 0.3) is 5.91 Å². The third-order valence-electron chi connectivity index (χ3n) is 5.49. The van der Waals surface area contributed by atoms with Crippen molar-refractivity contribution in [2.24, 2.45) is 0 Å². The lowest BCUT2D eigenvalue weighted by molar-refractivity contribution is 0.0391. The van der Waals surface area contributed by atoms with Gasteiger partial charge in [-0.05, 0) is 44.0 Å². The zero-order chi connectivity index (χ0) is 21.1. The maximum Gasteiger partial charge on any atom is 0.278 e. The van der Waals surface area contributed by atoms with Gasteiger partial charge in [0.2, 0.25) is 0 Å². The van der Waals surface area contributed by atoms with Crippen molar-refractivity contribution in [3.05, 3.63) is 41.2 Å². The van der Waals surface area contributed by atoms with E-state index in [2.05, 4.69) is 35.1 Å². The summed E-state index contributed by atoms with van der Waals surface area (Å²) < 4.78 is 8.36. The predicted molar refractivity (Wildman–Crippen MR) is 121 cm³/mol. The van der Waals surface area contributed by atoms with Gasteiger partial charge in [0.05, 0.1) is 29.1 Å². The summed E-state index contributed by atoms with van der Waals surface area (Å²) >= 11 is 1.59. The SMILES string of the molecule is CCc1ccc2nc(N(CCN3CCOCC3)C(=O)c3cc(C)nn3CC)sc2c1. The van der Waals surface area contributed by atoms with E-state index in [0.29, 0.717) is 18.8 Å². The van der Waals surface area contributed by atoms with E-state index < -0.39 is 0 Å². The molecule has 1 fully saturated rings. The van der Waals surface area contributed by atoms with Crippen LogP contribution in [0.3, 0.4) is 0 Å². The zero-order valence-electron chi connectivity index (χ0n) is 17.9. The van der Waals surface area contributed by atoms with Gasteiger partial charge in [0.1, 0.15) is 5.69 Å². The molecule has 1 aromatic carbocycles. The van der Waals surface area contributed by atoms with Crippen molar-refractivity contribution in [3.8, 4) is 0 Å². The van der Waals surface area contributed by atoms with E-state index in [1.807, 2.05) is 24.8 Å². The van der Waals surface area contributed by atoms with E-state index in [1.165, 1.54) is 5.56 Å². The van der Waals surface area contributed by atoms with Crippen LogP contribution in [-0.2, 0) is 17.7 Å². The minimum absolute atomic E-state index is 0.0412. The Bertz CT molecular complexity index is 1020. The number of ether oxygens (including phenoxy) is 1. The normalized spacial score (nSPS) is 15.0. The third-order valence-corrected chi connectivity index (χ3v) is 6.53. The van der Waals surface area contributed by atoms with Gasteiger partial charge in [-0.15, -0.1) is 0 Å². The molecule has 7 nitrogen and oxygen atoms in total. The highest BCUT2D eigenvalue weighted by molar-refractivity contribution is 7.22. The molecule has 4 rings (SSSR count). The lowest BCUT2D eigenvalue weighted by atomic mass is 10.2. The van der Waals surface area contributed by atoms with Gasteiger partial charge in [-0.3, -0.25) is 19.3 Å². The number of hydrogen-bond donors (Lipinski definition) is 0. The topological polar surface area (TPSA) is 63.5 Å². The molecule has 8 heteroatoms. The summed E-state index contributed by atoms with van der Waals surface area (Å²) in [5, 5.41) is 5.22. The van der Waals surface area contributed by atoms with Gasteiger partial charge < -0.3 is 4.74 Å². The number of carbonyl (C=O) groups excluding carboxylic acids is 1. The van der Waals surface area contributed by atoms with E-state index in [4.69, 9.17) is 9.72 Å². The smallest absolute Gasteiger partial charge is 0.278 e. The van der Waals surface area contributed by atoms with Crippen LogP contribution in [0, 0.1) is 6.92 Å². The highest BCUT2D eigenvalue weighted by Crippen LogP contribution is 2.30. The van der Waals surface area contributed by atoms with Crippen molar-refractivity contribution in [1.82, 2.24) is 19.7 Å². The van der Waals surface area contributed by atoms with Gasteiger partial charge in [-0.2, -0.15) is 5.10 Å². The summed E-state index contributed by atoms with van der Waals surface area (Å²) in [5.74, 6) is -0.0412. The molecule has 0 saturated carbocycles. The monoisotopic (exact) mass is 427 g/mol. The van der Waals surface area contributed by atoms with Crippen LogP contribution in [0.1, 0.15) is 35.6 Å². The van der Waals surface area contributed by atoms with Crippen LogP contribution in [0.5, 0.6) is 0 Å². The van der Waals surface area contributed by atoms with Crippen molar-refractivity contribution >= 4 is 32.6 Å². The first-order valence-corrected chi connectivity index (χ1v) is 11.5. The molecular weight excluding hydrogens is 398 g/mol. The lowest BCUT2D eigenvalue weighted by Crippen LogP contribution is -2.43. The van der Waals surface area contributed by atoms with E-state index >= 15 is 0 Å². The average Bonchev–Trinajstić information content (AvgIpc) is 3.36. The van der Waals surface area contributed by atoms with Crippen LogP contribution in [0.25, 0.3) is 10.2 Å². The molecule has 30 heavy (non-hydrogen) atoms. The van der Waals surface area contributed by atoms with E-state index in [9.17, 15) is 4.79 Å². The summed E-state index contributed by atoms with van der Waals surface area (Å²) in [7, 11) is 0. The van der Waals surface area contributed by atoms with Crippen LogP contribution in [0.15, 0.2) is 24.3 Å². The number of hydrogen-bond acceptors (Lipinski definition) is 6. The van der Waals surface area contributed by atoms with Crippen molar-refractivity contribution < 1.29 is 9.53 Å². The molecule has 0 radical (unpaired) electrons. The quantitative estimate of drug-likeness (QED) is 0.579. The number of benzene rings is 1. The first-order valence-electron chi connectivity index (χ1n) is 10.6. The molecule has 1 amide bonds. The molecule has 0 atom stereocenters. The number of aryl methyl sites for hydroxylation is 3. The fraction of sp³-hybridized carbons (Fsp3) is 0.500. The third kappa shape index (κ3) is 4.40. The van der Waals surface area contributed by atoms with Gasteiger partial charge in [-0.1, -0.05) is 24.3 Å². The summed E-state index contributed by atoms with van der Waals surface area (Å²) in [6.45, 7) is 11.4. The highest BCUT2D eigenvalue weighted by atomic mass is 32.1. The molecule has 1 saturated heterocycles. The summed E-state index contributed by atoms with van der Waals surface area (Å²) in [6, 6.07) is 8.22. The Labute approximate surface area is 181 Å². The molecule has 3 aromatic rings. The molecular formula is C22H29N5O2S. The molecule has 0 spiro atoms. The van der Waals surface area contributed by atoms with Gasteiger partial charge in [0, 0.05) is 32.7 Å². The Hall–Kier alpha value is -2.29. The standard InChI is InChI=1S/C22H29N5O2S/c1-4-17-6-7-18-20(15-17)30-22(23-18)26(9-8-25-10-12-29-13-11-25)21(28)19-14-16(3)24-27(19)5-2/h6-7,14-15H,4-5,8-13H2,1-3H3. The summed E-state index contributed by atoms with van der Waals surface area (Å²) in [5.41, 5.74) is 3.69. The Morgan fingerprint density at radius 2 is 2.03 bits per heavy atom. The number of aromatic nitrogens is 3. The molecule has 160 valence electrons. The van der Waals surface area contributed by atoms with Crippen LogP contribution in [0.4, 0.5) is 5.13 Å². The van der Waals surface area contributed by atoms with Crippen LogP contribution < -0.4 is 4.90 Å².